The predicted octanol–water partition coefficient (Wildman–Crippen LogP) is 1.64. The molecule has 1 amide bonds. The van der Waals surface area contributed by atoms with Crippen molar-refractivity contribution in [2.45, 2.75) is 6.54 Å². The lowest BCUT2D eigenvalue weighted by Crippen LogP contribution is -2.47. The number of anilines is 2. The molecule has 0 spiro atoms. The molecule has 1 fully saturated rings. The maximum Gasteiger partial charge on any atom is 0.323 e. The molecule has 0 unspecified atom stereocenters. The second kappa shape index (κ2) is 9.59. The molecule has 0 atom stereocenters. The SMILES string of the molecule is CNC(=O)c1nn(-c2nc(N3CCN(c4ccc(O)cc4)CC3)nc3c2ncn3CC(=O)O)c2ccccc12. The molecule has 1 saturated heterocycles. The number of nitrogens with zero attached hydrogens (tertiary/aromatic N) is 8. The molecule has 0 aliphatic carbocycles. The lowest BCUT2D eigenvalue weighted by Gasteiger charge is -2.36. The van der Waals surface area contributed by atoms with Crippen molar-refractivity contribution in [2.75, 3.05) is 43.0 Å². The monoisotopic (exact) mass is 527 g/mol. The fraction of sp³-hybridized carbons (Fsp3) is 0.231. The lowest BCUT2D eigenvalue weighted by molar-refractivity contribution is -0.137. The van der Waals surface area contributed by atoms with Gasteiger partial charge in [0.05, 0.1) is 11.8 Å². The Hall–Kier alpha value is -5.20. The van der Waals surface area contributed by atoms with E-state index in [0.717, 1.165) is 5.69 Å². The van der Waals surface area contributed by atoms with E-state index in [1.807, 2.05) is 41.3 Å². The molecule has 1 aliphatic heterocycles. The van der Waals surface area contributed by atoms with Crippen molar-refractivity contribution in [3.05, 3.63) is 60.6 Å². The molecule has 3 aromatic heterocycles. The molecule has 13 heteroatoms. The Morgan fingerprint density at radius 1 is 0.974 bits per heavy atom. The van der Waals surface area contributed by atoms with Crippen molar-refractivity contribution in [1.82, 2.24) is 34.6 Å². The first-order valence-corrected chi connectivity index (χ1v) is 12.4. The van der Waals surface area contributed by atoms with Crippen LogP contribution in [-0.4, -0.2) is 84.6 Å². The number of nitrogens with one attached hydrogen (secondary N) is 1. The van der Waals surface area contributed by atoms with Gasteiger partial charge in [0, 0.05) is 44.3 Å². The molecule has 5 aromatic rings. The summed E-state index contributed by atoms with van der Waals surface area (Å²) < 4.78 is 3.03. The third kappa shape index (κ3) is 4.33. The van der Waals surface area contributed by atoms with Crippen LogP contribution in [0.15, 0.2) is 54.9 Å². The number of carboxylic acid groups (broad SMARTS) is 1. The molecule has 198 valence electrons. The standard InChI is InChI=1S/C26H25N9O4/c1-27-25(39)21-18-4-2-3-5-19(18)35(31-21)24-22-23(34(15-28-22)14-20(37)38)29-26(30-24)33-12-10-32(11-13-33)16-6-8-17(36)9-7-16/h2-9,15,36H,10-14H2,1H3,(H,27,39)(H,37,38). The minimum atomic E-state index is -1.02. The number of aromatic nitrogens is 6. The van der Waals surface area contributed by atoms with Crippen LogP contribution in [0.4, 0.5) is 11.6 Å². The fourth-order valence-electron chi connectivity index (χ4n) is 4.81. The molecule has 39 heavy (non-hydrogen) atoms. The number of carbonyl (C=O) groups is 2. The van der Waals surface area contributed by atoms with Gasteiger partial charge in [0.25, 0.3) is 5.91 Å². The lowest BCUT2D eigenvalue weighted by atomic mass is 10.2. The van der Waals surface area contributed by atoms with Crippen LogP contribution in [0, 0.1) is 0 Å². The number of aromatic hydroxyl groups is 1. The average Bonchev–Trinajstić information content (AvgIpc) is 3.54. The van der Waals surface area contributed by atoms with Crippen molar-refractivity contribution in [3.63, 3.8) is 0 Å². The van der Waals surface area contributed by atoms with Gasteiger partial charge in [-0.3, -0.25) is 9.59 Å². The van der Waals surface area contributed by atoms with Gasteiger partial charge in [0.2, 0.25) is 5.95 Å². The van der Waals surface area contributed by atoms with Crippen LogP contribution in [0.25, 0.3) is 27.9 Å². The fourth-order valence-corrected chi connectivity index (χ4v) is 4.81. The molecule has 0 saturated carbocycles. The minimum absolute atomic E-state index is 0.218. The van der Waals surface area contributed by atoms with Crippen LogP contribution < -0.4 is 15.1 Å². The summed E-state index contributed by atoms with van der Waals surface area (Å²) in [5.41, 5.74) is 2.65. The molecule has 4 heterocycles. The van der Waals surface area contributed by atoms with Crippen LogP contribution in [-0.2, 0) is 11.3 Å². The first-order valence-electron chi connectivity index (χ1n) is 12.4. The van der Waals surface area contributed by atoms with Gasteiger partial charge in [-0.25, -0.2) is 9.67 Å². The zero-order valence-corrected chi connectivity index (χ0v) is 21.0. The van der Waals surface area contributed by atoms with Gasteiger partial charge in [-0.05, 0) is 30.3 Å². The Kier molecular flexibility index (Phi) is 5.94. The summed E-state index contributed by atoms with van der Waals surface area (Å²) in [6.45, 7) is 2.30. The quantitative estimate of drug-likeness (QED) is 0.297. The summed E-state index contributed by atoms with van der Waals surface area (Å²) in [5, 5.41) is 26.9. The van der Waals surface area contributed by atoms with Crippen LogP contribution in [0.2, 0.25) is 0 Å². The van der Waals surface area contributed by atoms with E-state index in [2.05, 4.69) is 20.3 Å². The molecular formula is C26H25N9O4. The number of para-hydroxylation sites is 1. The van der Waals surface area contributed by atoms with Crippen LogP contribution in [0.1, 0.15) is 10.5 Å². The van der Waals surface area contributed by atoms with E-state index in [1.165, 1.54) is 10.9 Å². The van der Waals surface area contributed by atoms with E-state index in [1.54, 1.807) is 23.9 Å². The van der Waals surface area contributed by atoms with Crippen molar-refractivity contribution in [3.8, 4) is 11.6 Å². The predicted molar refractivity (Wildman–Crippen MR) is 144 cm³/mol. The summed E-state index contributed by atoms with van der Waals surface area (Å²) in [7, 11) is 1.54. The highest BCUT2D eigenvalue weighted by Gasteiger charge is 2.25. The number of carboxylic acids is 1. The third-order valence-electron chi connectivity index (χ3n) is 6.75. The number of fused-ring (bicyclic) bond motifs is 2. The van der Waals surface area contributed by atoms with Gasteiger partial charge < -0.3 is 29.9 Å². The minimum Gasteiger partial charge on any atom is -0.508 e. The summed E-state index contributed by atoms with van der Waals surface area (Å²) in [6.07, 6.45) is 1.43. The number of imidazole rings is 1. The summed E-state index contributed by atoms with van der Waals surface area (Å²) in [5.74, 6) is -0.375. The maximum atomic E-state index is 12.6. The zero-order valence-electron chi connectivity index (χ0n) is 21.0. The molecule has 1 aliphatic rings. The number of amides is 1. The normalized spacial score (nSPS) is 13.8. The van der Waals surface area contributed by atoms with Gasteiger partial charge in [0.15, 0.2) is 22.7 Å². The van der Waals surface area contributed by atoms with Gasteiger partial charge in [-0.2, -0.15) is 15.1 Å². The van der Waals surface area contributed by atoms with E-state index >= 15 is 0 Å². The number of benzene rings is 2. The highest BCUT2D eigenvalue weighted by molar-refractivity contribution is 6.05. The van der Waals surface area contributed by atoms with Crippen molar-refractivity contribution in [2.24, 2.45) is 0 Å². The van der Waals surface area contributed by atoms with Gasteiger partial charge in [-0.15, -0.1) is 0 Å². The highest BCUT2D eigenvalue weighted by Crippen LogP contribution is 2.28. The average molecular weight is 528 g/mol. The Bertz CT molecular complexity index is 1700. The van der Waals surface area contributed by atoms with Crippen LogP contribution >= 0.6 is 0 Å². The van der Waals surface area contributed by atoms with E-state index in [0.29, 0.717) is 60.0 Å². The van der Waals surface area contributed by atoms with E-state index in [-0.39, 0.29) is 23.9 Å². The Labute approximate surface area is 221 Å². The van der Waals surface area contributed by atoms with Gasteiger partial charge in [0.1, 0.15) is 12.3 Å². The second-order valence-electron chi connectivity index (χ2n) is 9.13. The highest BCUT2D eigenvalue weighted by atomic mass is 16.4. The van der Waals surface area contributed by atoms with Gasteiger partial charge in [-0.1, -0.05) is 18.2 Å². The Morgan fingerprint density at radius 3 is 2.41 bits per heavy atom. The molecule has 6 rings (SSSR count). The number of phenols is 1. The smallest absolute Gasteiger partial charge is 0.323 e. The molecule has 13 nitrogen and oxygen atoms in total. The number of aliphatic carboxylic acids is 1. The third-order valence-corrected chi connectivity index (χ3v) is 6.75. The number of rotatable bonds is 6. The second-order valence-corrected chi connectivity index (χ2v) is 9.13. The first-order chi connectivity index (χ1) is 18.9. The summed E-state index contributed by atoms with van der Waals surface area (Å²) in [4.78, 5) is 42.4. The van der Waals surface area contributed by atoms with E-state index in [9.17, 15) is 19.8 Å². The topological polar surface area (TPSA) is 155 Å². The molecular weight excluding hydrogens is 502 g/mol. The molecule has 0 bridgehead atoms. The van der Waals surface area contributed by atoms with Crippen molar-refractivity contribution < 1.29 is 19.8 Å². The number of piperazine rings is 1. The van der Waals surface area contributed by atoms with E-state index in [4.69, 9.17) is 9.97 Å². The molecule has 3 N–H and O–H groups in total. The largest absolute Gasteiger partial charge is 0.508 e. The summed E-state index contributed by atoms with van der Waals surface area (Å²) in [6, 6.07) is 14.4. The number of phenolic OH excluding ortho intramolecular Hbond substituents is 1. The van der Waals surface area contributed by atoms with Gasteiger partial charge >= 0.3 is 5.97 Å². The molecule has 0 radical (unpaired) electrons. The Morgan fingerprint density at radius 2 is 1.69 bits per heavy atom. The van der Waals surface area contributed by atoms with E-state index < -0.39 is 5.97 Å². The zero-order chi connectivity index (χ0) is 27.1. The summed E-state index contributed by atoms with van der Waals surface area (Å²) >= 11 is 0. The van der Waals surface area contributed by atoms with Crippen LogP contribution in [0.3, 0.4) is 0 Å². The number of hydrogen-bond acceptors (Lipinski definition) is 9. The Balaban J connectivity index is 1.44. The van der Waals surface area contributed by atoms with Crippen molar-refractivity contribution in [1.29, 1.82) is 0 Å². The van der Waals surface area contributed by atoms with Crippen LogP contribution in [0.5, 0.6) is 5.75 Å². The number of carbonyl (C=O) groups excluding carboxylic acids is 1. The molecule has 2 aromatic carbocycles. The van der Waals surface area contributed by atoms with Crippen molar-refractivity contribution >= 4 is 45.6 Å². The number of hydrogen-bond donors (Lipinski definition) is 3. The first kappa shape index (κ1) is 24.2. The maximum absolute atomic E-state index is 12.6.